The normalized spacial score (nSPS) is 40.5. The smallest absolute Gasteiger partial charge is 0.550 e. The molecule has 1 aromatic carbocycles. The Kier molecular flexibility index (Phi) is 10.3. The molecule has 0 spiro atoms. The zero-order valence-corrected chi connectivity index (χ0v) is 33.5. The molecular formula is C38H48Na2O6. The van der Waals surface area contributed by atoms with E-state index < -0.39 is 23.3 Å². The first-order chi connectivity index (χ1) is 20.4. The molecule has 1 aromatic rings. The van der Waals surface area contributed by atoms with E-state index in [1.807, 2.05) is 6.92 Å². The number of hydrogen-bond acceptors (Lipinski definition) is 6. The van der Waals surface area contributed by atoms with Crippen LogP contribution in [0.5, 0.6) is 0 Å². The maximum Gasteiger partial charge on any atom is 1.00 e. The summed E-state index contributed by atoms with van der Waals surface area (Å²) in [6, 6.07) is 6.11. The van der Waals surface area contributed by atoms with Gasteiger partial charge in [0.05, 0.1) is 11.5 Å². The molecule has 8 heteroatoms. The predicted octanol–water partition coefficient (Wildman–Crippen LogP) is 0.0552. The summed E-state index contributed by atoms with van der Waals surface area (Å²) in [5.41, 5.74) is 1.49. The molecule has 46 heavy (non-hydrogen) atoms. The molecule has 0 saturated heterocycles. The number of aromatic carboxylic acids is 1. The van der Waals surface area contributed by atoms with E-state index >= 15 is 0 Å². The summed E-state index contributed by atoms with van der Waals surface area (Å²) in [5.74, 6) is -2.27. The molecular weight excluding hydrogens is 598 g/mol. The average molecular weight is 647 g/mol. The summed E-state index contributed by atoms with van der Waals surface area (Å²) in [4.78, 5) is 37.2. The van der Waals surface area contributed by atoms with Gasteiger partial charge in [0.1, 0.15) is 6.10 Å². The fourth-order valence-corrected chi connectivity index (χ4v) is 11.1. The molecule has 3 unspecified atom stereocenters. The largest absolute Gasteiger partial charge is 1.00 e. The molecule has 6 rings (SSSR count). The van der Waals surface area contributed by atoms with Crippen LogP contribution in [0.2, 0.25) is 0 Å². The molecule has 6 nitrogen and oxygen atoms in total. The van der Waals surface area contributed by atoms with Gasteiger partial charge in [-0.25, -0.2) is 4.79 Å². The molecule has 8 atom stereocenters. The van der Waals surface area contributed by atoms with Crippen molar-refractivity contribution in [3.8, 4) is 0 Å². The van der Waals surface area contributed by atoms with Crippen molar-refractivity contribution in [2.45, 2.75) is 112 Å². The van der Waals surface area contributed by atoms with Crippen molar-refractivity contribution >= 4 is 17.9 Å². The second-order valence-corrected chi connectivity index (χ2v) is 16.7. The fraction of sp³-hybridized carbons (Fsp3) is 0.658. The standard InChI is InChI=1S/C38H50O6.2Na/c1-33(2)27-14-17-38(7)28(36(27,5)16-15-29(33)44-31(41)24-11-9-8-10-23(24)30(39)40)13-12-25-26-22-35(4,32(42)43)19-18-34(26,3)20-21-37(25,38)6;;/h8-13,27-29H,14-22H2,1-7H3,(H,39,40)(H,42,43);;/q;2*+1/p-2/t27?,28?,29-,34-,35?,36-,37+,38+;;/m0../s1. The van der Waals surface area contributed by atoms with E-state index in [1.165, 1.54) is 23.3 Å². The SMILES string of the molecule is CC1(C(=O)[O-])CC[C@@]2(C)CC[C@]3(C)C(=C2C1)C=CC1[C@@]2(C)CC[C@H](OC(=O)c4ccccc4C(=O)[O-])C(C)(C)C2CC[C@]13C.[Na+].[Na+]. The Morgan fingerprint density at radius 2 is 1.43 bits per heavy atom. The van der Waals surface area contributed by atoms with Crippen LogP contribution in [0.15, 0.2) is 47.6 Å². The third kappa shape index (κ3) is 5.39. The van der Waals surface area contributed by atoms with Gasteiger partial charge in [-0.15, -0.1) is 0 Å². The Labute approximate surface area is 319 Å². The van der Waals surface area contributed by atoms with Crippen LogP contribution in [0.3, 0.4) is 0 Å². The van der Waals surface area contributed by atoms with Crippen LogP contribution in [0.4, 0.5) is 0 Å². The average Bonchev–Trinajstić information content (AvgIpc) is 2.95. The molecule has 5 aliphatic rings. The van der Waals surface area contributed by atoms with Gasteiger partial charge in [0.2, 0.25) is 0 Å². The van der Waals surface area contributed by atoms with Gasteiger partial charge in [-0.1, -0.05) is 84.4 Å². The molecule has 0 bridgehead atoms. The molecule has 0 aromatic heterocycles. The molecule has 0 amide bonds. The minimum absolute atomic E-state index is 0. The first-order valence-electron chi connectivity index (χ1n) is 16.6. The summed E-state index contributed by atoms with van der Waals surface area (Å²) in [6.07, 6.45) is 12.5. The monoisotopic (exact) mass is 646 g/mol. The van der Waals surface area contributed by atoms with E-state index in [4.69, 9.17) is 4.74 Å². The van der Waals surface area contributed by atoms with E-state index in [9.17, 15) is 24.6 Å². The van der Waals surface area contributed by atoms with E-state index in [0.29, 0.717) is 31.1 Å². The maximum absolute atomic E-state index is 13.3. The Balaban J connectivity index is 0.00000240. The van der Waals surface area contributed by atoms with Gasteiger partial charge in [-0.3, -0.25) is 0 Å². The number of esters is 1. The van der Waals surface area contributed by atoms with Gasteiger partial charge in [0.25, 0.3) is 0 Å². The summed E-state index contributed by atoms with van der Waals surface area (Å²) >= 11 is 0. The van der Waals surface area contributed by atoms with Gasteiger partial charge in [-0.2, -0.15) is 0 Å². The van der Waals surface area contributed by atoms with Crippen LogP contribution in [0.25, 0.3) is 0 Å². The number of carbonyl (C=O) groups is 3. The third-order valence-corrected chi connectivity index (χ3v) is 14.3. The number of carbonyl (C=O) groups excluding carboxylic acids is 3. The van der Waals surface area contributed by atoms with Crippen LogP contribution in [-0.4, -0.2) is 24.0 Å². The number of rotatable bonds is 4. The number of allylic oxidation sites excluding steroid dienone is 4. The zero-order chi connectivity index (χ0) is 32.1. The topological polar surface area (TPSA) is 107 Å². The third-order valence-electron chi connectivity index (χ3n) is 14.3. The van der Waals surface area contributed by atoms with E-state index in [2.05, 4.69) is 53.7 Å². The van der Waals surface area contributed by atoms with E-state index in [-0.39, 0.29) is 103 Å². The predicted molar refractivity (Wildman–Crippen MR) is 164 cm³/mol. The Morgan fingerprint density at radius 3 is 2.07 bits per heavy atom. The number of carboxylic acids is 2. The Bertz CT molecular complexity index is 1500. The van der Waals surface area contributed by atoms with Gasteiger partial charge in [0, 0.05) is 22.4 Å². The number of fused-ring (bicyclic) bond motifs is 6. The minimum Gasteiger partial charge on any atom is -0.550 e. The molecule has 0 aliphatic heterocycles. The first-order valence-corrected chi connectivity index (χ1v) is 16.6. The van der Waals surface area contributed by atoms with Crippen molar-refractivity contribution in [2.75, 3.05) is 0 Å². The minimum atomic E-state index is -1.38. The summed E-state index contributed by atoms with van der Waals surface area (Å²) in [6.45, 7) is 16.0. The van der Waals surface area contributed by atoms with Gasteiger partial charge >= 0.3 is 65.1 Å². The number of carboxylic acid groups (broad SMARTS) is 2. The van der Waals surface area contributed by atoms with Gasteiger partial charge in [0.15, 0.2) is 0 Å². The van der Waals surface area contributed by atoms with E-state index in [1.54, 1.807) is 12.1 Å². The van der Waals surface area contributed by atoms with Gasteiger partial charge < -0.3 is 24.5 Å². The number of ether oxygens (including phenoxy) is 1. The van der Waals surface area contributed by atoms with E-state index in [0.717, 1.165) is 38.5 Å². The number of hydrogen-bond donors (Lipinski definition) is 0. The molecule has 5 aliphatic carbocycles. The molecule has 0 heterocycles. The molecule has 238 valence electrons. The maximum atomic E-state index is 13.3. The summed E-state index contributed by atoms with van der Waals surface area (Å²) in [7, 11) is 0. The molecule has 3 saturated carbocycles. The quantitative estimate of drug-likeness (QED) is 0.339. The fourth-order valence-electron chi connectivity index (χ4n) is 11.1. The van der Waals surface area contributed by atoms with Crippen LogP contribution in [0.1, 0.15) is 127 Å². The van der Waals surface area contributed by atoms with Crippen LogP contribution < -0.4 is 69.3 Å². The zero-order valence-electron chi connectivity index (χ0n) is 29.5. The molecule has 0 N–H and O–H groups in total. The number of benzene rings is 1. The Morgan fingerprint density at radius 1 is 0.804 bits per heavy atom. The van der Waals surface area contributed by atoms with Crippen molar-refractivity contribution in [1.29, 1.82) is 0 Å². The van der Waals surface area contributed by atoms with Crippen LogP contribution in [0, 0.1) is 44.3 Å². The first kappa shape index (κ1) is 37.9. The second kappa shape index (κ2) is 12.5. The summed E-state index contributed by atoms with van der Waals surface area (Å²) < 4.78 is 6.14. The van der Waals surface area contributed by atoms with Crippen LogP contribution in [-0.2, 0) is 9.53 Å². The van der Waals surface area contributed by atoms with Crippen molar-refractivity contribution in [1.82, 2.24) is 0 Å². The van der Waals surface area contributed by atoms with Crippen molar-refractivity contribution in [3.05, 3.63) is 58.7 Å². The second-order valence-electron chi connectivity index (χ2n) is 16.7. The summed E-state index contributed by atoms with van der Waals surface area (Å²) in [5, 5.41) is 23.9. The van der Waals surface area contributed by atoms with Gasteiger partial charge in [-0.05, 0) is 103 Å². The van der Waals surface area contributed by atoms with Crippen molar-refractivity contribution < 1.29 is 88.4 Å². The van der Waals surface area contributed by atoms with Crippen molar-refractivity contribution in [2.24, 2.45) is 44.3 Å². The van der Waals surface area contributed by atoms with Crippen LogP contribution >= 0.6 is 0 Å². The molecule has 0 radical (unpaired) electrons. The molecule has 3 fully saturated rings. The number of aliphatic carboxylic acids is 1. The Hall–Kier alpha value is -0.890. The van der Waals surface area contributed by atoms with Crippen molar-refractivity contribution in [3.63, 3.8) is 0 Å².